The molecule has 10 nitrogen and oxygen atoms in total. The number of hydrogen-bond donors (Lipinski definition) is 5. The topological polar surface area (TPSA) is 163 Å². The van der Waals surface area contributed by atoms with E-state index in [1.54, 1.807) is 24.3 Å². The number of aliphatic hydroxyl groups is 5. The van der Waals surface area contributed by atoms with Crippen LogP contribution in [0.25, 0.3) is 0 Å². The number of ether oxygens (including phenoxy) is 3. The summed E-state index contributed by atoms with van der Waals surface area (Å²) in [7, 11) is 0. The fourth-order valence-electron chi connectivity index (χ4n) is 5.11. The van der Waals surface area contributed by atoms with E-state index in [1.165, 1.54) is 6.07 Å². The molecule has 0 amide bonds. The largest absolute Gasteiger partial charge is 0.486 e. The number of hydrogen-bond acceptors (Lipinski definition) is 10. The molecular weight excluding hydrogens is 520 g/mol. The number of ketones is 2. The molecule has 3 aromatic rings. The minimum absolute atomic E-state index is 0.0395. The van der Waals surface area contributed by atoms with Crippen molar-refractivity contribution in [2.45, 2.75) is 43.5 Å². The van der Waals surface area contributed by atoms with Gasteiger partial charge < -0.3 is 39.7 Å². The van der Waals surface area contributed by atoms with Crippen LogP contribution in [0.1, 0.15) is 43.0 Å². The van der Waals surface area contributed by atoms with E-state index < -0.39 is 49.7 Å². The van der Waals surface area contributed by atoms with Gasteiger partial charge in [0.25, 0.3) is 0 Å². The lowest BCUT2D eigenvalue weighted by molar-refractivity contribution is -0.277. The Bertz CT molecular complexity index is 1390. The van der Waals surface area contributed by atoms with Crippen LogP contribution in [-0.4, -0.2) is 87.6 Å². The molecule has 5 atom stereocenters. The third-order valence-corrected chi connectivity index (χ3v) is 7.15. The Morgan fingerprint density at radius 3 is 2.08 bits per heavy atom. The second kappa shape index (κ2) is 11.8. The Kier molecular flexibility index (Phi) is 8.27. The number of benzene rings is 3. The van der Waals surface area contributed by atoms with Crippen molar-refractivity contribution in [1.29, 1.82) is 0 Å². The van der Waals surface area contributed by atoms with Crippen molar-refractivity contribution >= 4 is 11.6 Å². The Morgan fingerprint density at radius 1 is 0.775 bits per heavy atom. The third-order valence-electron chi connectivity index (χ3n) is 7.15. The Labute approximate surface area is 230 Å². The first-order valence-corrected chi connectivity index (χ1v) is 13.0. The van der Waals surface area contributed by atoms with E-state index in [1.807, 2.05) is 30.3 Å². The van der Waals surface area contributed by atoms with Gasteiger partial charge in [0.15, 0.2) is 23.1 Å². The highest BCUT2D eigenvalue weighted by atomic mass is 16.7. The molecule has 3 aromatic carbocycles. The average Bonchev–Trinajstić information content (AvgIpc) is 2.98. The molecule has 210 valence electrons. The number of carbonyl (C=O) groups excluding carboxylic acids is 2. The first-order chi connectivity index (χ1) is 19.3. The number of fused-ring (bicyclic) bond motifs is 2. The molecule has 0 spiro atoms. The van der Waals surface area contributed by atoms with Gasteiger partial charge in [0, 0.05) is 16.7 Å². The molecule has 5 rings (SSSR count). The van der Waals surface area contributed by atoms with Gasteiger partial charge in [0.1, 0.15) is 31.0 Å². The minimum atomic E-state index is -1.72. The summed E-state index contributed by atoms with van der Waals surface area (Å²) in [5.41, 5.74) is 2.06. The minimum Gasteiger partial charge on any atom is -0.486 e. The molecule has 1 aliphatic heterocycles. The Hall–Kier alpha value is -3.64. The lowest BCUT2D eigenvalue weighted by Gasteiger charge is -2.39. The second-order valence-corrected chi connectivity index (χ2v) is 9.69. The highest BCUT2D eigenvalue weighted by molar-refractivity contribution is 6.30. The molecule has 1 saturated heterocycles. The van der Waals surface area contributed by atoms with Crippen molar-refractivity contribution in [2.75, 3.05) is 19.8 Å². The fraction of sp³-hybridized carbons (Fsp3) is 0.333. The number of aliphatic hydroxyl groups excluding tert-OH is 5. The highest BCUT2D eigenvalue weighted by Gasteiger charge is 2.45. The normalized spacial score (nSPS) is 23.9. The maximum absolute atomic E-state index is 13.8. The summed E-state index contributed by atoms with van der Waals surface area (Å²) >= 11 is 0. The zero-order valence-corrected chi connectivity index (χ0v) is 21.5. The van der Waals surface area contributed by atoms with E-state index in [9.17, 15) is 35.1 Å². The maximum atomic E-state index is 13.8. The first kappa shape index (κ1) is 27.9. The molecule has 0 aromatic heterocycles. The molecule has 1 heterocycles. The molecular formula is C30H30O10. The van der Waals surface area contributed by atoms with Crippen molar-refractivity contribution in [1.82, 2.24) is 0 Å². The number of rotatable bonds is 9. The van der Waals surface area contributed by atoms with Crippen LogP contribution in [-0.2, 0) is 17.6 Å². The van der Waals surface area contributed by atoms with Crippen molar-refractivity contribution in [3.05, 3.63) is 94.0 Å². The third kappa shape index (κ3) is 5.13. The lowest BCUT2D eigenvalue weighted by Crippen LogP contribution is -2.60. The summed E-state index contributed by atoms with van der Waals surface area (Å²) in [5.74, 6) is -1.03. The van der Waals surface area contributed by atoms with Crippen LogP contribution in [0.3, 0.4) is 0 Å². The van der Waals surface area contributed by atoms with Crippen molar-refractivity contribution in [3.8, 4) is 11.5 Å². The van der Waals surface area contributed by atoms with Crippen LogP contribution >= 0.6 is 0 Å². The number of carbonyl (C=O) groups is 2. The van der Waals surface area contributed by atoms with Crippen LogP contribution in [0.4, 0.5) is 0 Å². The van der Waals surface area contributed by atoms with Gasteiger partial charge in [-0.2, -0.15) is 0 Å². The fourth-order valence-corrected chi connectivity index (χ4v) is 5.11. The van der Waals surface area contributed by atoms with Gasteiger partial charge in [-0.1, -0.05) is 54.6 Å². The van der Waals surface area contributed by atoms with Crippen molar-refractivity contribution in [3.63, 3.8) is 0 Å². The zero-order valence-electron chi connectivity index (χ0n) is 21.5. The summed E-state index contributed by atoms with van der Waals surface area (Å²) in [6.07, 6.45) is -6.91. The van der Waals surface area contributed by atoms with E-state index in [0.29, 0.717) is 18.4 Å². The lowest BCUT2D eigenvalue weighted by atomic mass is 9.80. The van der Waals surface area contributed by atoms with Gasteiger partial charge in [-0.15, -0.1) is 0 Å². The monoisotopic (exact) mass is 550 g/mol. The summed E-state index contributed by atoms with van der Waals surface area (Å²) in [5, 5.41) is 50.1. The van der Waals surface area contributed by atoms with Gasteiger partial charge in [-0.05, 0) is 30.0 Å². The quantitative estimate of drug-likeness (QED) is 0.201. The van der Waals surface area contributed by atoms with E-state index in [2.05, 4.69) is 0 Å². The van der Waals surface area contributed by atoms with Crippen LogP contribution in [0, 0.1) is 0 Å². The highest BCUT2D eigenvalue weighted by Crippen LogP contribution is 2.43. The van der Waals surface area contributed by atoms with E-state index in [-0.39, 0.29) is 46.1 Å². The van der Waals surface area contributed by atoms with Gasteiger partial charge in [-0.25, -0.2) is 0 Å². The zero-order chi connectivity index (χ0) is 28.4. The average molecular weight is 551 g/mol. The smallest absolute Gasteiger partial charge is 0.229 e. The van der Waals surface area contributed by atoms with Crippen LogP contribution in [0.2, 0.25) is 0 Å². The Morgan fingerprint density at radius 2 is 1.43 bits per heavy atom. The van der Waals surface area contributed by atoms with Crippen LogP contribution < -0.4 is 9.47 Å². The summed E-state index contributed by atoms with van der Waals surface area (Å²) in [4.78, 5) is 27.6. The van der Waals surface area contributed by atoms with Gasteiger partial charge in [-0.3, -0.25) is 9.59 Å². The molecule has 1 aliphatic carbocycles. The summed E-state index contributed by atoms with van der Waals surface area (Å²) in [6, 6.07) is 17.6. The standard InChI is InChI=1S/C30H30O10/c31-12-13-38-29-20(39-30-28(37)27(36)26(35)21(15-32)40-30)14-17(11-10-16-6-2-1-3-7-16)22-23(29)25(34)19-9-5-4-8-18(19)24(22)33/h1-9,14,21,26-28,30-32,35-37H,10-13,15H2/t21-,26-,27+,28-,30-/m0/s1. The predicted octanol–water partition coefficient (Wildman–Crippen LogP) is 0.797. The van der Waals surface area contributed by atoms with Crippen molar-refractivity contribution < 1.29 is 49.3 Å². The summed E-state index contributed by atoms with van der Waals surface area (Å²) < 4.78 is 17.2. The maximum Gasteiger partial charge on any atom is 0.229 e. The molecule has 0 saturated carbocycles. The SMILES string of the molecule is O=C1c2ccccc2C(=O)c2c(OCCO)c(O[C@H]3O[C@@H](CO)[C@H](O)[C@@H](O)[C@@H]3O)cc(CCc3ccccc3)c21. The Balaban J connectivity index is 1.64. The molecule has 0 radical (unpaired) electrons. The molecule has 0 unspecified atom stereocenters. The summed E-state index contributed by atoms with van der Waals surface area (Å²) in [6.45, 7) is -1.29. The number of aryl methyl sites for hydroxylation is 2. The van der Waals surface area contributed by atoms with Gasteiger partial charge in [0.05, 0.1) is 18.8 Å². The van der Waals surface area contributed by atoms with Crippen LogP contribution in [0.15, 0.2) is 60.7 Å². The molecule has 5 N–H and O–H groups in total. The van der Waals surface area contributed by atoms with Gasteiger partial charge in [0.2, 0.25) is 6.29 Å². The van der Waals surface area contributed by atoms with E-state index >= 15 is 0 Å². The first-order valence-electron chi connectivity index (χ1n) is 13.0. The second-order valence-electron chi connectivity index (χ2n) is 9.69. The molecule has 40 heavy (non-hydrogen) atoms. The van der Waals surface area contributed by atoms with Crippen molar-refractivity contribution in [2.24, 2.45) is 0 Å². The molecule has 1 fully saturated rings. The van der Waals surface area contributed by atoms with E-state index in [0.717, 1.165) is 5.56 Å². The molecule has 0 bridgehead atoms. The van der Waals surface area contributed by atoms with Gasteiger partial charge >= 0.3 is 0 Å². The molecule has 2 aliphatic rings. The van der Waals surface area contributed by atoms with Crippen LogP contribution in [0.5, 0.6) is 11.5 Å². The van der Waals surface area contributed by atoms with E-state index in [4.69, 9.17) is 14.2 Å². The predicted molar refractivity (Wildman–Crippen MR) is 141 cm³/mol. The molecule has 10 heteroatoms.